The Morgan fingerprint density at radius 1 is 0.357 bits per heavy atom. The van der Waals surface area contributed by atoms with Crippen molar-refractivity contribution in [3.8, 4) is 62.1 Å². The number of rotatable bonds is 6. The highest BCUT2D eigenvalue weighted by Crippen LogP contribution is 2.43. The Morgan fingerprint density at radius 3 is 1.64 bits per heavy atom. The lowest BCUT2D eigenvalue weighted by Gasteiger charge is -2.11. The van der Waals surface area contributed by atoms with E-state index in [0.717, 1.165) is 49.6 Å². The van der Waals surface area contributed by atoms with E-state index in [9.17, 15) is 0 Å². The number of fused-ring (bicyclic) bond motifs is 6. The van der Waals surface area contributed by atoms with E-state index >= 15 is 0 Å². The zero-order chi connectivity index (χ0) is 37.0. The van der Waals surface area contributed by atoms with E-state index in [1.165, 1.54) is 37.0 Å². The predicted octanol–water partition coefficient (Wildman–Crippen LogP) is 13.7. The number of benzene rings is 8. The first kappa shape index (κ1) is 32.2. The molecular formula is C51H32N4S. The van der Waals surface area contributed by atoms with Crippen LogP contribution in [0.5, 0.6) is 0 Å². The molecule has 0 aliphatic rings. The quantitative estimate of drug-likeness (QED) is 0.171. The van der Waals surface area contributed by atoms with E-state index in [-0.39, 0.29) is 0 Å². The summed E-state index contributed by atoms with van der Waals surface area (Å²) in [6.45, 7) is 0. The minimum Gasteiger partial charge on any atom is -0.308 e. The lowest BCUT2D eigenvalue weighted by atomic mass is 9.98. The summed E-state index contributed by atoms with van der Waals surface area (Å²) in [5, 5.41) is 4.83. The van der Waals surface area contributed by atoms with E-state index in [4.69, 9.17) is 15.0 Å². The van der Waals surface area contributed by atoms with E-state index in [2.05, 4.69) is 180 Å². The second-order valence-corrected chi connectivity index (χ2v) is 15.1. The van der Waals surface area contributed by atoms with Gasteiger partial charge < -0.3 is 4.57 Å². The normalized spacial score (nSPS) is 11.6. The maximum absolute atomic E-state index is 5.24. The summed E-state index contributed by atoms with van der Waals surface area (Å²) in [5.74, 6) is 1.91. The Kier molecular flexibility index (Phi) is 7.64. The molecule has 0 N–H and O–H groups in total. The van der Waals surface area contributed by atoms with Crippen molar-refractivity contribution in [3.05, 3.63) is 194 Å². The molecule has 0 saturated carbocycles. The third-order valence-corrected chi connectivity index (χ3v) is 11.9. The Morgan fingerprint density at radius 2 is 0.875 bits per heavy atom. The Labute approximate surface area is 327 Å². The van der Waals surface area contributed by atoms with Crippen LogP contribution in [0, 0.1) is 0 Å². The van der Waals surface area contributed by atoms with Gasteiger partial charge in [0.25, 0.3) is 0 Å². The number of para-hydroxylation sites is 1. The van der Waals surface area contributed by atoms with Gasteiger partial charge in [0.1, 0.15) is 0 Å². The lowest BCUT2D eigenvalue weighted by Crippen LogP contribution is -2.00. The van der Waals surface area contributed by atoms with Crippen LogP contribution in [0.25, 0.3) is 104 Å². The van der Waals surface area contributed by atoms with Gasteiger partial charge in [-0.15, -0.1) is 11.3 Å². The van der Waals surface area contributed by atoms with Crippen LogP contribution >= 0.6 is 11.3 Å². The molecule has 11 aromatic rings. The second kappa shape index (κ2) is 13.3. The lowest BCUT2D eigenvalue weighted by molar-refractivity contribution is 1.08. The molecule has 0 fully saturated rings. The topological polar surface area (TPSA) is 43.6 Å². The summed E-state index contributed by atoms with van der Waals surface area (Å²) in [6, 6.07) is 68.5. The largest absolute Gasteiger partial charge is 0.308 e. The van der Waals surface area contributed by atoms with Gasteiger partial charge in [-0.05, 0) is 52.6 Å². The number of thiophene rings is 1. The third kappa shape index (κ3) is 5.40. The van der Waals surface area contributed by atoms with Crippen molar-refractivity contribution in [2.24, 2.45) is 0 Å². The van der Waals surface area contributed by atoms with Crippen LogP contribution in [-0.4, -0.2) is 19.5 Å². The zero-order valence-electron chi connectivity index (χ0n) is 30.2. The molecule has 0 amide bonds. The fourth-order valence-corrected chi connectivity index (χ4v) is 9.24. The van der Waals surface area contributed by atoms with Crippen molar-refractivity contribution < 1.29 is 0 Å². The molecule has 5 heteroatoms. The molecule has 262 valence electrons. The van der Waals surface area contributed by atoms with Gasteiger partial charge in [-0.25, -0.2) is 15.0 Å². The molecule has 0 radical (unpaired) electrons. The van der Waals surface area contributed by atoms with E-state index in [1.54, 1.807) is 0 Å². The number of hydrogen-bond acceptors (Lipinski definition) is 4. The summed E-state index contributed by atoms with van der Waals surface area (Å²) in [6.07, 6.45) is 0. The van der Waals surface area contributed by atoms with Gasteiger partial charge in [0.15, 0.2) is 17.5 Å². The fraction of sp³-hybridized carbons (Fsp3) is 0. The molecule has 0 atom stereocenters. The minimum absolute atomic E-state index is 0.634. The molecule has 0 saturated heterocycles. The number of hydrogen-bond donors (Lipinski definition) is 0. The average Bonchev–Trinajstić information content (AvgIpc) is 3.83. The van der Waals surface area contributed by atoms with Crippen LogP contribution in [0.4, 0.5) is 0 Å². The highest BCUT2D eigenvalue weighted by atomic mass is 32.1. The van der Waals surface area contributed by atoms with Crippen LogP contribution in [0.1, 0.15) is 0 Å². The first-order chi connectivity index (χ1) is 27.8. The monoisotopic (exact) mass is 732 g/mol. The summed E-state index contributed by atoms with van der Waals surface area (Å²) < 4.78 is 4.97. The molecule has 8 aromatic carbocycles. The van der Waals surface area contributed by atoms with Crippen LogP contribution < -0.4 is 0 Å². The van der Waals surface area contributed by atoms with Gasteiger partial charge in [-0.3, -0.25) is 0 Å². The van der Waals surface area contributed by atoms with Crippen molar-refractivity contribution in [3.63, 3.8) is 0 Å². The molecule has 0 aliphatic heterocycles. The molecule has 0 bridgehead atoms. The Hall–Kier alpha value is -7.21. The zero-order valence-corrected chi connectivity index (χ0v) is 31.0. The highest BCUT2D eigenvalue weighted by molar-refractivity contribution is 7.26. The molecule has 3 aromatic heterocycles. The summed E-state index contributed by atoms with van der Waals surface area (Å²) in [7, 11) is 0. The van der Waals surface area contributed by atoms with Gasteiger partial charge in [0.05, 0.1) is 21.4 Å². The highest BCUT2D eigenvalue weighted by Gasteiger charge is 2.21. The molecule has 0 aliphatic carbocycles. The fourth-order valence-electron chi connectivity index (χ4n) is 8.04. The van der Waals surface area contributed by atoms with E-state index in [1.807, 2.05) is 29.5 Å². The number of aromatic nitrogens is 4. The first-order valence-corrected chi connectivity index (χ1v) is 19.6. The van der Waals surface area contributed by atoms with Gasteiger partial charge in [0.2, 0.25) is 0 Å². The van der Waals surface area contributed by atoms with Gasteiger partial charge in [-0.2, -0.15) is 0 Å². The number of nitrogens with zero attached hydrogens (tertiary/aromatic N) is 4. The van der Waals surface area contributed by atoms with Crippen LogP contribution in [0.15, 0.2) is 194 Å². The van der Waals surface area contributed by atoms with Crippen LogP contribution in [-0.2, 0) is 0 Å². The van der Waals surface area contributed by atoms with Crippen molar-refractivity contribution in [1.29, 1.82) is 0 Å². The van der Waals surface area contributed by atoms with Gasteiger partial charge >= 0.3 is 0 Å². The molecule has 11 rings (SSSR count). The second-order valence-electron chi connectivity index (χ2n) is 14.0. The summed E-state index contributed by atoms with van der Waals surface area (Å²) >= 11 is 1.85. The van der Waals surface area contributed by atoms with E-state index < -0.39 is 0 Å². The minimum atomic E-state index is 0.634. The average molecular weight is 733 g/mol. The van der Waals surface area contributed by atoms with Crippen molar-refractivity contribution in [1.82, 2.24) is 19.5 Å². The first-order valence-electron chi connectivity index (χ1n) is 18.8. The predicted molar refractivity (Wildman–Crippen MR) is 234 cm³/mol. The molecule has 4 nitrogen and oxygen atoms in total. The van der Waals surface area contributed by atoms with Crippen LogP contribution in [0.3, 0.4) is 0 Å². The van der Waals surface area contributed by atoms with Crippen molar-refractivity contribution in [2.75, 3.05) is 0 Å². The maximum Gasteiger partial charge on any atom is 0.164 e. The van der Waals surface area contributed by atoms with Crippen LogP contribution in [0.2, 0.25) is 0 Å². The van der Waals surface area contributed by atoms with Gasteiger partial charge in [-0.1, -0.05) is 164 Å². The molecule has 3 heterocycles. The van der Waals surface area contributed by atoms with Crippen molar-refractivity contribution >= 4 is 53.3 Å². The van der Waals surface area contributed by atoms with Gasteiger partial charge in [0, 0.05) is 42.9 Å². The molecule has 56 heavy (non-hydrogen) atoms. The summed E-state index contributed by atoms with van der Waals surface area (Å²) in [5.41, 5.74) is 11.0. The summed E-state index contributed by atoms with van der Waals surface area (Å²) in [4.78, 5) is 15.5. The van der Waals surface area contributed by atoms with Crippen molar-refractivity contribution in [2.45, 2.75) is 0 Å². The standard InChI is InChI=1S/C51H32N4S/c1-3-14-33(15-4-1)37-18-11-19-38(32-37)34-28-30-36(31-29-34)50-52-49(35-16-5-2-6-17-35)53-51(54-50)42-23-13-25-44-47(42)41-21-7-9-24-43(41)55(44)45-26-12-22-40-39-20-8-10-27-46(39)56-48(40)45/h1-32H. The Bertz CT molecular complexity index is 3240. The molecule has 0 spiro atoms. The maximum atomic E-state index is 5.24. The third-order valence-electron chi connectivity index (χ3n) is 10.7. The Balaban J connectivity index is 1.08. The van der Waals surface area contributed by atoms with E-state index in [0.29, 0.717) is 17.5 Å². The SMILES string of the molecule is c1ccc(-c2cccc(-c3ccc(-c4nc(-c5ccccc5)nc(-c5cccc6c5c5ccccc5n6-c5cccc6c5sc5ccccc56)n4)cc3)c2)cc1. The molecule has 0 unspecified atom stereocenters. The smallest absolute Gasteiger partial charge is 0.164 e. The molecular weight excluding hydrogens is 701 g/mol.